The molecule has 1 atom stereocenters. The average molecular weight is 155 g/mol. The lowest BCUT2D eigenvalue weighted by atomic mass is 10.2. The SMILES string of the molecule is [C-]#[N+]C(CCC)C(=O)OCC. The van der Waals surface area contributed by atoms with Gasteiger partial charge in [-0.2, -0.15) is 0 Å². The van der Waals surface area contributed by atoms with Crippen molar-refractivity contribution in [2.45, 2.75) is 32.7 Å². The van der Waals surface area contributed by atoms with Gasteiger partial charge >= 0.3 is 12.0 Å². The minimum atomic E-state index is -0.583. The standard InChI is InChI=1S/C8H13NO2/c1-4-6-7(9-3)8(10)11-5-2/h7H,4-6H2,1-2H3. The van der Waals surface area contributed by atoms with E-state index in [0.717, 1.165) is 6.42 Å². The number of rotatable bonds is 4. The molecule has 3 nitrogen and oxygen atoms in total. The van der Waals surface area contributed by atoms with Gasteiger partial charge in [0.05, 0.1) is 6.61 Å². The zero-order chi connectivity index (χ0) is 8.69. The molecule has 0 spiro atoms. The lowest BCUT2D eigenvalue weighted by Gasteiger charge is -2.02. The molecule has 0 amide bonds. The molecule has 0 bridgehead atoms. The van der Waals surface area contributed by atoms with Crippen LogP contribution in [0.2, 0.25) is 0 Å². The van der Waals surface area contributed by atoms with Crippen molar-refractivity contribution < 1.29 is 9.53 Å². The van der Waals surface area contributed by atoms with Crippen LogP contribution in [-0.2, 0) is 9.53 Å². The highest BCUT2D eigenvalue weighted by atomic mass is 16.5. The molecule has 0 fully saturated rings. The summed E-state index contributed by atoms with van der Waals surface area (Å²) in [5.41, 5.74) is 0. The van der Waals surface area contributed by atoms with Gasteiger partial charge in [-0.3, -0.25) is 0 Å². The van der Waals surface area contributed by atoms with Gasteiger partial charge in [0.1, 0.15) is 0 Å². The van der Waals surface area contributed by atoms with Crippen LogP contribution in [0.5, 0.6) is 0 Å². The fourth-order valence-corrected chi connectivity index (χ4v) is 0.747. The molecule has 0 aromatic carbocycles. The topological polar surface area (TPSA) is 30.7 Å². The van der Waals surface area contributed by atoms with E-state index >= 15 is 0 Å². The Kier molecular flexibility index (Phi) is 5.18. The highest BCUT2D eigenvalue weighted by Crippen LogP contribution is 2.03. The van der Waals surface area contributed by atoms with Crippen molar-refractivity contribution in [3.63, 3.8) is 0 Å². The molecule has 0 aliphatic heterocycles. The van der Waals surface area contributed by atoms with Gasteiger partial charge in [0.25, 0.3) is 0 Å². The monoisotopic (exact) mass is 155 g/mol. The molecule has 0 saturated heterocycles. The molecule has 3 heteroatoms. The Morgan fingerprint density at radius 2 is 2.27 bits per heavy atom. The van der Waals surface area contributed by atoms with Gasteiger partial charge < -0.3 is 9.58 Å². The van der Waals surface area contributed by atoms with Crippen molar-refractivity contribution in [3.05, 3.63) is 11.4 Å². The number of carbonyl (C=O) groups is 1. The smallest absolute Gasteiger partial charge is 0.390 e. The van der Waals surface area contributed by atoms with E-state index in [-0.39, 0.29) is 5.97 Å². The maximum Gasteiger partial charge on any atom is 0.390 e. The van der Waals surface area contributed by atoms with Crippen molar-refractivity contribution in [2.75, 3.05) is 6.61 Å². The summed E-state index contributed by atoms with van der Waals surface area (Å²) >= 11 is 0. The second kappa shape index (κ2) is 5.72. The highest BCUT2D eigenvalue weighted by molar-refractivity contribution is 5.77. The molecule has 0 saturated carbocycles. The van der Waals surface area contributed by atoms with Gasteiger partial charge in [0.2, 0.25) is 0 Å². The Bertz CT molecular complexity index is 160. The van der Waals surface area contributed by atoms with Gasteiger partial charge in [-0.15, -0.1) is 0 Å². The van der Waals surface area contributed by atoms with E-state index in [2.05, 4.69) is 4.85 Å². The van der Waals surface area contributed by atoms with Crippen LogP contribution >= 0.6 is 0 Å². The molecule has 0 radical (unpaired) electrons. The number of hydrogen-bond acceptors (Lipinski definition) is 2. The number of carbonyl (C=O) groups excluding carboxylic acids is 1. The van der Waals surface area contributed by atoms with Crippen molar-refractivity contribution in [3.8, 4) is 0 Å². The molecule has 0 aromatic rings. The molecule has 0 rings (SSSR count). The molecule has 0 aromatic heterocycles. The van der Waals surface area contributed by atoms with E-state index in [0.29, 0.717) is 13.0 Å². The van der Waals surface area contributed by atoms with E-state index in [1.165, 1.54) is 0 Å². The predicted octanol–water partition coefficient (Wildman–Crippen LogP) is 1.64. The maximum atomic E-state index is 10.9. The summed E-state index contributed by atoms with van der Waals surface area (Å²) < 4.78 is 4.69. The lowest BCUT2D eigenvalue weighted by molar-refractivity contribution is -0.143. The van der Waals surface area contributed by atoms with Gasteiger partial charge in [0, 0.05) is 6.42 Å². The normalized spacial score (nSPS) is 11.7. The molecule has 62 valence electrons. The second-order valence-electron chi connectivity index (χ2n) is 2.19. The van der Waals surface area contributed by atoms with Gasteiger partial charge in [0.15, 0.2) is 0 Å². The number of esters is 1. The Balaban J connectivity index is 3.84. The first-order valence-electron chi connectivity index (χ1n) is 3.79. The second-order valence-corrected chi connectivity index (χ2v) is 2.19. The number of nitrogens with zero attached hydrogens (tertiary/aromatic N) is 1. The van der Waals surface area contributed by atoms with E-state index in [1.807, 2.05) is 6.92 Å². The largest absolute Gasteiger partial charge is 0.460 e. The quantitative estimate of drug-likeness (QED) is 0.456. The molecule has 0 aliphatic carbocycles. The van der Waals surface area contributed by atoms with Crippen LogP contribution in [0.15, 0.2) is 0 Å². The number of hydrogen-bond donors (Lipinski definition) is 0. The van der Waals surface area contributed by atoms with Crippen molar-refractivity contribution in [1.29, 1.82) is 0 Å². The average Bonchev–Trinajstić information content (AvgIpc) is 2.00. The van der Waals surface area contributed by atoms with Crippen molar-refractivity contribution in [1.82, 2.24) is 0 Å². The number of ether oxygens (including phenoxy) is 1. The molecule has 1 unspecified atom stereocenters. The summed E-state index contributed by atoms with van der Waals surface area (Å²) in [5, 5.41) is 0. The molecule has 0 heterocycles. The van der Waals surface area contributed by atoms with E-state index in [1.54, 1.807) is 6.92 Å². The molecule has 11 heavy (non-hydrogen) atoms. The summed E-state index contributed by atoms with van der Waals surface area (Å²) in [6.45, 7) is 10.7. The third-order valence-corrected chi connectivity index (χ3v) is 1.28. The first kappa shape index (κ1) is 9.96. The van der Waals surface area contributed by atoms with Gasteiger partial charge in [-0.1, -0.05) is 6.92 Å². The van der Waals surface area contributed by atoms with Gasteiger partial charge in [-0.25, -0.2) is 11.4 Å². The molecular formula is C8H13NO2. The zero-order valence-corrected chi connectivity index (χ0v) is 6.96. The third-order valence-electron chi connectivity index (χ3n) is 1.28. The summed E-state index contributed by atoms with van der Waals surface area (Å²) in [4.78, 5) is 14.1. The minimum absolute atomic E-state index is 0.356. The summed E-state index contributed by atoms with van der Waals surface area (Å²) in [6.07, 6.45) is 1.44. The summed E-state index contributed by atoms with van der Waals surface area (Å²) in [6, 6.07) is -0.583. The molecular weight excluding hydrogens is 142 g/mol. The van der Waals surface area contributed by atoms with Crippen molar-refractivity contribution in [2.24, 2.45) is 0 Å². The van der Waals surface area contributed by atoms with Gasteiger partial charge in [-0.05, 0) is 13.3 Å². The summed E-state index contributed by atoms with van der Waals surface area (Å²) in [7, 11) is 0. The van der Waals surface area contributed by atoms with Crippen LogP contribution in [0.1, 0.15) is 26.7 Å². The third kappa shape index (κ3) is 3.61. The lowest BCUT2D eigenvalue weighted by Crippen LogP contribution is -2.19. The predicted molar refractivity (Wildman–Crippen MR) is 41.9 cm³/mol. The maximum absolute atomic E-state index is 10.9. The fraction of sp³-hybridized carbons (Fsp3) is 0.750. The summed E-state index contributed by atoms with van der Waals surface area (Å²) in [5.74, 6) is -0.385. The van der Waals surface area contributed by atoms with Crippen LogP contribution in [0.3, 0.4) is 0 Å². The van der Waals surface area contributed by atoms with Crippen molar-refractivity contribution >= 4 is 5.97 Å². The Morgan fingerprint density at radius 3 is 2.64 bits per heavy atom. The van der Waals surface area contributed by atoms with Crippen LogP contribution in [-0.4, -0.2) is 18.6 Å². The first-order valence-corrected chi connectivity index (χ1v) is 3.79. The van der Waals surface area contributed by atoms with Crippen LogP contribution in [0.25, 0.3) is 4.85 Å². The van der Waals surface area contributed by atoms with E-state index < -0.39 is 6.04 Å². The van der Waals surface area contributed by atoms with E-state index in [4.69, 9.17) is 11.3 Å². The highest BCUT2D eigenvalue weighted by Gasteiger charge is 2.22. The van der Waals surface area contributed by atoms with Crippen LogP contribution < -0.4 is 0 Å². The van der Waals surface area contributed by atoms with Crippen LogP contribution in [0.4, 0.5) is 0 Å². The Labute approximate surface area is 67.2 Å². The molecule has 0 aliphatic rings. The minimum Gasteiger partial charge on any atom is -0.460 e. The first-order chi connectivity index (χ1) is 5.26. The Hall–Kier alpha value is -1.04. The van der Waals surface area contributed by atoms with E-state index in [9.17, 15) is 4.79 Å². The Morgan fingerprint density at radius 1 is 1.64 bits per heavy atom. The van der Waals surface area contributed by atoms with Crippen LogP contribution in [0, 0.1) is 6.57 Å². The zero-order valence-electron chi connectivity index (χ0n) is 6.96. The fourth-order valence-electron chi connectivity index (χ4n) is 0.747. The molecule has 0 N–H and O–H groups in total.